The minimum Gasteiger partial charge on any atom is -0.361 e. The van der Waals surface area contributed by atoms with Crippen LogP contribution in [0.5, 0.6) is 0 Å². The van der Waals surface area contributed by atoms with Crippen LogP contribution in [0.1, 0.15) is 11.1 Å². The molecular weight excluding hydrogens is 262 g/mol. The maximum Gasteiger partial charge on any atom is 0.208 e. The number of fused-ring (bicyclic) bond motifs is 1. The molecule has 0 radical (unpaired) electrons. The molecule has 0 atom stereocenters. The Balaban J connectivity index is 2.13. The third-order valence-corrected chi connectivity index (χ3v) is 3.75. The summed E-state index contributed by atoms with van der Waals surface area (Å²) in [5, 5.41) is 1.17. The van der Waals surface area contributed by atoms with E-state index in [1.165, 1.54) is 17.2 Å². The fraction of sp³-hybridized carbons (Fsp3) is 0.385. The lowest BCUT2D eigenvalue weighted by molar-refractivity contribution is 0.588. The van der Waals surface area contributed by atoms with Gasteiger partial charge in [-0.3, -0.25) is 0 Å². The number of H-pyrrole nitrogens is 1. The molecule has 1 aromatic carbocycles. The number of sulfonamides is 1. The zero-order valence-corrected chi connectivity index (χ0v) is 11.8. The van der Waals surface area contributed by atoms with Crippen LogP contribution < -0.4 is 10.5 Å². The van der Waals surface area contributed by atoms with Crippen molar-refractivity contribution in [1.29, 1.82) is 0 Å². The van der Waals surface area contributed by atoms with E-state index in [1.54, 1.807) is 0 Å². The lowest BCUT2D eigenvalue weighted by atomic mass is 10.1. The summed E-state index contributed by atoms with van der Waals surface area (Å²) in [5.41, 5.74) is 8.99. The van der Waals surface area contributed by atoms with Crippen LogP contribution in [0.3, 0.4) is 0 Å². The second-order valence-corrected chi connectivity index (χ2v) is 6.48. The van der Waals surface area contributed by atoms with Crippen molar-refractivity contribution < 1.29 is 8.42 Å². The number of benzene rings is 1. The van der Waals surface area contributed by atoms with Gasteiger partial charge in [-0.2, -0.15) is 0 Å². The Hall–Kier alpha value is -1.37. The maximum absolute atomic E-state index is 11.0. The highest BCUT2D eigenvalue weighted by Crippen LogP contribution is 2.20. The van der Waals surface area contributed by atoms with E-state index < -0.39 is 10.0 Å². The van der Waals surface area contributed by atoms with Crippen molar-refractivity contribution in [2.75, 3.05) is 19.3 Å². The highest BCUT2D eigenvalue weighted by atomic mass is 32.2. The highest BCUT2D eigenvalue weighted by Gasteiger charge is 2.05. The van der Waals surface area contributed by atoms with Crippen molar-refractivity contribution in [3.8, 4) is 0 Å². The van der Waals surface area contributed by atoms with Crippen LogP contribution in [0.15, 0.2) is 24.4 Å². The summed E-state index contributed by atoms with van der Waals surface area (Å²) in [5.74, 6) is 0. The van der Waals surface area contributed by atoms with Gasteiger partial charge in [-0.05, 0) is 42.6 Å². The molecule has 0 aliphatic heterocycles. The van der Waals surface area contributed by atoms with E-state index in [-0.39, 0.29) is 0 Å². The molecule has 0 aliphatic carbocycles. The van der Waals surface area contributed by atoms with Gasteiger partial charge in [0.1, 0.15) is 0 Å². The molecule has 2 rings (SSSR count). The summed E-state index contributed by atoms with van der Waals surface area (Å²) < 4.78 is 24.5. The quantitative estimate of drug-likeness (QED) is 0.730. The number of hydrogen-bond donors (Lipinski definition) is 3. The number of nitrogens with two attached hydrogens (primary N) is 1. The van der Waals surface area contributed by atoms with E-state index in [0.29, 0.717) is 19.5 Å². The summed E-state index contributed by atoms with van der Waals surface area (Å²) in [6.07, 6.45) is 4.67. The van der Waals surface area contributed by atoms with Crippen molar-refractivity contribution in [2.45, 2.75) is 12.8 Å². The Morgan fingerprint density at radius 1 is 1.32 bits per heavy atom. The van der Waals surface area contributed by atoms with Gasteiger partial charge in [0.2, 0.25) is 10.0 Å². The van der Waals surface area contributed by atoms with Crippen LogP contribution in [0.2, 0.25) is 0 Å². The molecule has 1 aromatic heterocycles. The summed E-state index contributed by atoms with van der Waals surface area (Å²) >= 11 is 0. The van der Waals surface area contributed by atoms with Gasteiger partial charge < -0.3 is 10.7 Å². The van der Waals surface area contributed by atoms with Gasteiger partial charge in [-0.25, -0.2) is 13.1 Å². The van der Waals surface area contributed by atoms with Crippen LogP contribution in [-0.2, 0) is 22.9 Å². The van der Waals surface area contributed by atoms with Gasteiger partial charge in [0.25, 0.3) is 0 Å². The normalized spacial score (nSPS) is 12.1. The molecule has 0 amide bonds. The molecule has 2 aromatic rings. The third-order valence-electron chi connectivity index (χ3n) is 3.02. The van der Waals surface area contributed by atoms with Gasteiger partial charge in [-0.15, -0.1) is 0 Å². The fourth-order valence-corrected chi connectivity index (χ4v) is 2.60. The number of nitrogens with one attached hydrogen (secondary N) is 2. The molecule has 0 saturated carbocycles. The molecule has 0 saturated heterocycles. The predicted molar refractivity (Wildman–Crippen MR) is 77.6 cm³/mol. The molecule has 4 N–H and O–H groups in total. The summed E-state index contributed by atoms with van der Waals surface area (Å²) in [6.45, 7) is 1.04. The Bertz CT molecular complexity index is 662. The zero-order valence-electron chi connectivity index (χ0n) is 10.9. The van der Waals surface area contributed by atoms with Crippen LogP contribution >= 0.6 is 0 Å². The number of hydrogen-bond acceptors (Lipinski definition) is 3. The maximum atomic E-state index is 11.0. The Morgan fingerprint density at radius 2 is 2.11 bits per heavy atom. The average molecular weight is 281 g/mol. The van der Waals surface area contributed by atoms with E-state index in [0.717, 1.165) is 17.5 Å². The minimum absolute atomic E-state index is 0.418. The van der Waals surface area contributed by atoms with Crippen molar-refractivity contribution in [3.63, 3.8) is 0 Å². The lowest BCUT2D eigenvalue weighted by Gasteiger charge is -2.04. The van der Waals surface area contributed by atoms with Crippen LogP contribution in [0.4, 0.5) is 0 Å². The number of aromatic amines is 1. The van der Waals surface area contributed by atoms with E-state index in [1.807, 2.05) is 18.3 Å². The first-order valence-electron chi connectivity index (χ1n) is 6.23. The van der Waals surface area contributed by atoms with Gasteiger partial charge in [0.05, 0.1) is 6.26 Å². The van der Waals surface area contributed by atoms with Gasteiger partial charge >= 0.3 is 0 Å². The Morgan fingerprint density at radius 3 is 2.79 bits per heavy atom. The monoisotopic (exact) mass is 281 g/mol. The van der Waals surface area contributed by atoms with Crippen LogP contribution in [-0.4, -0.2) is 32.7 Å². The minimum atomic E-state index is -3.12. The standard InChI is InChI=1S/C13H19N3O2S/c1-19(17,18)16-7-5-10-2-3-13-12(8-10)11(4-6-14)9-15-13/h2-3,8-9,15-16H,4-7,14H2,1H3. The van der Waals surface area contributed by atoms with Crippen molar-refractivity contribution >= 4 is 20.9 Å². The van der Waals surface area contributed by atoms with Crippen molar-refractivity contribution in [1.82, 2.24) is 9.71 Å². The zero-order chi connectivity index (χ0) is 13.9. The van der Waals surface area contributed by atoms with E-state index in [9.17, 15) is 8.42 Å². The molecule has 0 bridgehead atoms. The molecule has 6 heteroatoms. The topological polar surface area (TPSA) is 88.0 Å². The fourth-order valence-electron chi connectivity index (χ4n) is 2.12. The molecule has 0 unspecified atom stereocenters. The first kappa shape index (κ1) is 14.0. The molecule has 0 spiro atoms. The molecule has 19 heavy (non-hydrogen) atoms. The first-order valence-corrected chi connectivity index (χ1v) is 8.12. The molecule has 0 aliphatic rings. The average Bonchev–Trinajstić information content (AvgIpc) is 2.71. The SMILES string of the molecule is CS(=O)(=O)NCCc1ccc2[nH]cc(CCN)c2c1. The predicted octanol–water partition coefficient (Wildman–Crippen LogP) is 0.761. The molecule has 1 heterocycles. The summed E-state index contributed by atoms with van der Waals surface area (Å²) in [7, 11) is -3.12. The summed E-state index contributed by atoms with van der Waals surface area (Å²) in [4.78, 5) is 3.21. The number of aromatic nitrogens is 1. The van der Waals surface area contributed by atoms with Crippen molar-refractivity contribution in [3.05, 3.63) is 35.5 Å². The van der Waals surface area contributed by atoms with Gasteiger partial charge in [0.15, 0.2) is 0 Å². The third kappa shape index (κ3) is 3.79. The number of rotatable bonds is 6. The Kier molecular flexibility index (Phi) is 4.24. The van der Waals surface area contributed by atoms with Crippen LogP contribution in [0.25, 0.3) is 10.9 Å². The summed E-state index contributed by atoms with van der Waals surface area (Å²) in [6, 6.07) is 6.13. The second kappa shape index (κ2) is 5.73. The van der Waals surface area contributed by atoms with Gasteiger partial charge in [-0.1, -0.05) is 6.07 Å². The first-order chi connectivity index (χ1) is 8.99. The van der Waals surface area contributed by atoms with E-state index >= 15 is 0 Å². The van der Waals surface area contributed by atoms with E-state index in [2.05, 4.69) is 15.8 Å². The smallest absolute Gasteiger partial charge is 0.208 e. The highest BCUT2D eigenvalue weighted by molar-refractivity contribution is 7.88. The second-order valence-electron chi connectivity index (χ2n) is 4.65. The van der Waals surface area contributed by atoms with E-state index in [4.69, 9.17) is 5.73 Å². The van der Waals surface area contributed by atoms with Gasteiger partial charge in [0, 0.05) is 23.6 Å². The molecule has 104 valence electrons. The largest absolute Gasteiger partial charge is 0.361 e. The Labute approximate surface area is 113 Å². The molecule has 0 fully saturated rings. The molecule has 5 nitrogen and oxygen atoms in total. The van der Waals surface area contributed by atoms with Crippen molar-refractivity contribution in [2.24, 2.45) is 5.73 Å². The molecular formula is C13H19N3O2S. The lowest BCUT2D eigenvalue weighted by Crippen LogP contribution is -2.24. The van der Waals surface area contributed by atoms with Crippen LogP contribution in [0, 0.1) is 0 Å².